The molecule has 0 saturated carbocycles. The van der Waals surface area contributed by atoms with Gasteiger partial charge in [-0.2, -0.15) is 0 Å². The fraction of sp³-hybridized carbons (Fsp3) is 0.100. The van der Waals surface area contributed by atoms with Crippen LogP contribution in [0, 0.1) is 19.7 Å². The third-order valence-electron chi connectivity index (χ3n) is 3.99. The van der Waals surface area contributed by atoms with E-state index in [0.717, 1.165) is 10.4 Å². The van der Waals surface area contributed by atoms with Gasteiger partial charge in [-0.1, -0.05) is 42.5 Å². The fourth-order valence-electron chi connectivity index (χ4n) is 2.54. The molecule has 1 heterocycles. The van der Waals surface area contributed by atoms with E-state index in [1.807, 2.05) is 19.9 Å². The zero-order valence-corrected chi connectivity index (χ0v) is 14.6. The summed E-state index contributed by atoms with van der Waals surface area (Å²) >= 11 is 1.32. The standard InChI is InChI=1S/C20H16FNO2S/c1-12-13(2)25-20(17(12)18(23)14-8-4-3-5-9-14)22-19(24)15-10-6-7-11-16(15)21/h3-11H,1-2H3,(H,22,24). The summed E-state index contributed by atoms with van der Waals surface area (Å²) in [6.07, 6.45) is 0. The summed E-state index contributed by atoms with van der Waals surface area (Å²) in [4.78, 5) is 26.2. The molecule has 1 amide bonds. The lowest BCUT2D eigenvalue weighted by molar-refractivity contribution is 0.102. The molecule has 0 bridgehead atoms. The third kappa shape index (κ3) is 3.37. The maximum absolute atomic E-state index is 13.8. The molecule has 0 unspecified atom stereocenters. The highest BCUT2D eigenvalue weighted by molar-refractivity contribution is 7.17. The molecule has 126 valence electrons. The summed E-state index contributed by atoms with van der Waals surface area (Å²) in [5.41, 5.74) is 1.77. The molecule has 1 aromatic heterocycles. The van der Waals surface area contributed by atoms with Crippen LogP contribution in [-0.2, 0) is 0 Å². The quantitative estimate of drug-likeness (QED) is 0.672. The smallest absolute Gasteiger partial charge is 0.259 e. The molecule has 0 radical (unpaired) electrons. The van der Waals surface area contributed by atoms with E-state index in [1.165, 1.54) is 29.5 Å². The number of benzene rings is 2. The molecule has 0 saturated heterocycles. The summed E-state index contributed by atoms with van der Waals surface area (Å²) in [6, 6.07) is 14.7. The number of thiophene rings is 1. The maximum atomic E-state index is 13.8. The van der Waals surface area contributed by atoms with E-state index < -0.39 is 11.7 Å². The van der Waals surface area contributed by atoms with Gasteiger partial charge in [-0.3, -0.25) is 9.59 Å². The minimum atomic E-state index is -0.596. The van der Waals surface area contributed by atoms with Crippen LogP contribution in [0.1, 0.15) is 36.7 Å². The molecule has 0 fully saturated rings. The first-order valence-corrected chi connectivity index (χ1v) is 8.56. The molecule has 0 aliphatic rings. The number of hydrogen-bond acceptors (Lipinski definition) is 3. The minimum absolute atomic E-state index is 0.0516. The second kappa shape index (κ2) is 6.99. The van der Waals surface area contributed by atoms with E-state index in [1.54, 1.807) is 30.3 Å². The van der Waals surface area contributed by atoms with Gasteiger partial charge in [0.2, 0.25) is 0 Å². The van der Waals surface area contributed by atoms with Gasteiger partial charge >= 0.3 is 0 Å². The third-order valence-corrected chi connectivity index (χ3v) is 5.12. The average molecular weight is 353 g/mol. The molecule has 0 aliphatic heterocycles. The number of anilines is 1. The van der Waals surface area contributed by atoms with Gasteiger partial charge in [0.15, 0.2) is 5.78 Å². The Hall–Kier alpha value is -2.79. The summed E-state index contributed by atoms with van der Waals surface area (Å²) in [5, 5.41) is 3.14. The van der Waals surface area contributed by atoms with Crippen molar-refractivity contribution < 1.29 is 14.0 Å². The van der Waals surface area contributed by atoms with Crippen molar-refractivity contribution in [3.05, 3.63) is 87.5 Å². The Balaban J connectivity index is 1.98. The fourth-order valence-corrected chi connectivity index (χ4v) is 3.59. The van der Waals surface area contributed by atoms with Crippen LogP contribution in [0.15, 0.2) is 54.6 Å². The Bertz CT molecular complexity index is 948. The number of rotatable bonds is 4. The SMILES string of the molecule is Cc1sc(NC(=O)c2ccccc2F)c(C(=O)c2ccccc2)c1C. The number of nitrogens with one attached hydrogen (secondary N) is 1. The molecule has 1 N–H and O–H groups in total. The van der Waals surface area contributed by atoms with Gasteiger partial charge in [-0.15, -0.1) is 11.3 Å². The number of halogens is 1. The first-order valence-electron chi connectivity index (χ1n) is 7.74. The van der Waals surface area contributed by atoms with Gasteiger partial charge in [0.25, 0.3) is 5.91 Å². The Labute approximate surface area is 149 Å². The molecule has 0 aliphatic carbocycles. The largest absolute Gasteiger partial charge is 0.313 e. The van der Waals surface area contributed by atoms with E-state index >= 15 is 0 Å². The average Bonchev–Trinajstić information content (AvgIpc) is 2.89. The number of carbonyl (C=O) groups is 2. The highest BCUT2D eigenvalue weighted by Gasteiger charge is 2.23. The lowest BCUT2D eigenvalue weighted by Crippen LogP contribution is -2.15. The normalized spacial score (nSPS) is 10.5. The van der Waals surface area contributed by atoms with Gasteiger partial charge < -0.3 is 5.32 Å². The van der Waals surface area contributed by atoms with Crippen LogP contribution in [0.2, 0.25) is 0 Å². The Morgan fingerprint density at radius 2 is 1.60 bits per heavy atom. The molecule has 0 spiro atoms. The number of carbonyl (C=O) groups excluding carboxylic acids is 2. The molecule has 2 aromatic carbocycles. The highest BCUT2D eigenvalue weighted by atomic mass is 32.1. The molecule has 3 nitrogen and oxygen atoms in total. The van der Waals surface area contributed by atoms with E-state index in [9.17, 15) is 14.0 Å². The van der Waals surface area contributed by atoms with E-state index in [-0.39, 0.29) is 11.3 Å². The highest BCUT2D eigenvalue weighted by Crippen LogP contribution is 2.34. The first kappa shape index (κ1) is 17.0. The van der Waals surface area contributed by atoms with Gasteiger partial charge in [-0.25, -0.2) is 4.39 Å². The van der Waals surface area contributed by atoms with Crippen LogP contribution in [0.25, 0.3) is 0 Å². The summed E-state index contributed by atoms with van der Waals surface area (Å²) in [5.74, 6) is -1.33. The van der Waals surface area contributed by atoms with Gasteiger partial charge in [0.1, 0.15) is 10.8 Å². The topological polar surface area (TPSA) is 46.2 Å². The predicted molar refractivity (Wildman–Crippen MR) is 98.0 cm³/mol. The number of ketones is 1. The zero-order valence-electron chi connectivity index (χ0n) is 13.8. The lowest BCUT2D eigenvalue weighted by Gasteiger charge is -2.08. The number of amides is 1. The molecule has 5 heteroatoms. The molecular formula is C20H16FNO2S. The van der Waals surface area contributed by atoms with Gasteiger partial charge in [0.05, 0.1) is 11.1 Å². The maximum Gasteiger partial charge on any atom is 0.259 e. The number of aryl methyl sites for hydroxylation is 1. The van der Waals surface area contributed by atoms with E-state index in [0.29, 0.717) is 16.1 Å². The van der Waals surface area contributed by atoms with Crippen molar-refractivity contribution in [3.8, 4) is 0 Å². The summed E-state index contributed by atoms with van der Waals surface area (Å²) in [6.45, 7) is 3.74. The van der Waals surface area contributed by atoms with Crippen LogP contribution < -0.4 is 5.32 Å². The second-order valence-corrected chi connectivity index (χ2v) is 6.84. The van der Waals surface area contributed by atoms with Crippen molar-refractivity contribution in [2.24, 2.45) is 0 Å². The van der Waals surface area contributed by atoms with Gasteiger partial charge in [0, 0.05) is 10.4 Å². The lowest BCUT2D eigenvalue weighted by atomic mass is 10.0. The monoisotopic (exact) mass is 353 g/mol. The molecule has 3 rings (SSSR count). The Morgan fingerprint density at radius 1 is 0.960 bits per heavy atom. The van der Waals surface area contributed by atoms with Gasteiger partial charge in [-0.05, 0) is 31.5 Å². The van der Waals surface area contributed by atoms with E-state index in [4.69, 9.17) is 0 Å². The Kier molecular flexibility index (Phi) is 4.76. The molecule has 0 atom stereocenters. The first-order chi connectivity index (χ1) is 12.0. The number of hydrogen-bond donors (Lipinski definition) is 1. The zero-order chi connectivity index (χ0) is 18.0. The molecule has 3 aromatic rings. The van der Waals surface area contributed by atoms with Crippen molar-refractivity contribution in [1.82, 2.24) is 0 Å². The summed E-state index contributed by atoms with van der Waals surface area (Å²) in [7, 11) is 0. The van der Waals surface area contributed by atoms with Crippen LogP contribution in [0.5, 0.6) is 0 Å². The van der Waals surface area contributed by atoms with Crippen molar-refractivity contribution in [1.29, 1.82) is 0 Å². The van der Waals surface area contributed by atoms with Crippen LogP contribution in [0.4, 0.5) is 9.39 Å². The van der Waals surface area contributed by atoms with Crippen molar-refractivity contribution in [2.45, 2.75) is 13.8 Å². The van der Waals surface area contributed by atoms with E-state index in [2.05, 4.69) is 5.32 Å². The Morgan fingerprint density at radius 3 is 2.28 bits per heavy atom. The predicted octanol–water partition coefficient (Wildman–Crippen LogP) is 4.99. The van der Waals surface area contributed by atoms with Crippen LogP contribution in [0.3, 0.4) is 0 Å². The summed E-state index contributed by atoms with van der Waals surface area (Å²) < 4.78 is 13.8. The minimum Gasteiger partial charge on any atom is -0.313 e. The second-order valence-electron chi connectivity index (χ2n) is 5.62. The van der Waals surface area contributed by atoms with Crippen LogP contribution in [-0.4, -0.2) is 11.7 Å². The van der Waals surface area contributed by atoms with Crippen molar-refractivity contribution in [3.63, 3.8) is 0 Å². The molecular weight excluding hydrogens is 337 g/mol. The van der Waals surface area contributed by atoms with Crippen LogP contribution >= 0.6 is 11.3 Å². The molecule has 25 heavy (non-hydrogen) atoms. The van der Waals surface area contributed by atoms with Crippen molar-refractivity contribution in [2.75, 3.05) is 5.32 Å². The van der Waals surface area contributed by atoms with Crippen molar-refractivity contribution >= 4 is 28.0 Å².